The molecule has 1 saturated carbocycles. The first-order valence-corrected chi connectivity index (χ1v) is 7.04. The summed E-state index contributed by atoms with van der Waals surface area (Å²) in [6.07, 6.45) is 4.68. The molecule has 1 fully saturated rings. The maximum atomic E-state index is 12.0. The van der Waals surface area contributed by atoms with Gasteiger partial charge in [0.25, 0.3) is 0 Å². The molecule has 3 heteroatoms. The summed E-state index contributed by atoms with van der Waals surface area (Å²) in [5.41, 5.74) is 1.74. The zero-order valence-electron chi connectivity index (χ0n) is 9.19. The van der Waals surface area contributed by atoms with E-state index in [1.165, 1.54) is 12.8 Å². The van der Waals surface area contributed by atoms with Gasteiger partial charge in [-0.25, -0.2) is 0 Å². The second kappa shape index (κ2) is 5.27. The smallest absolute Gasteiger partial charge is 0.0991 e. The Balaban J connectivity index is 1.98. The van der Waals surface area contributed by atoms with E-state index in [-0.39, 0.29) is 0 Å². The maximum absolute atomic E-state index is 12.0. The predicted molar refractivity (Wildman–Crippen MR) is 65.3 cm³/mol. The fourth-order valence-corrected chi connectivity index (χ4v) is 3.72. The van der Waals surface area contributed by atoms with Crippen LogP contribution in [0.15, 0.2) is 24.3 Å². The Hall–Kier alpha value is -1.14. The standard InChI is InChI=1S/C13H15NOS/c14-9-11-5-7-12(8-6-11)10-16(15)13-3-1-2-4-13/h5-8,13H,1-4,10H2. The average molecular weight is 233 g/mol. The van der Waals surface area contributed by atoms with Crippen LogP contribution in [-0.4, -0.2) is 9.46 Å². The van der Waals surface area contributed by atoms with Gasteiger partial charge in [-0.15, -0.1) is 0 Å². The minimum atomic E-state index is -0.738. The molecule has 0 N–H and O–H groups in total. The molecular formula is C13H15NOS. The second-order valence-corrected chi connectivity index (χ2v) is 5.96. The number of benzene rings is 1. The van der Waals surface area contributed by atoms with Crippen LogP contribution in [0.5, 0.6) is 0 Å². The lowest BCUT2D eigenvalue weighted by atomic mass is 10.2. The van der Waals surface area contributed by atoms with E-state index >= 15 is 0 Å². The molecule has 0 heterocycles. The van der Waals surface area contributed by atoms with E-state index < -0.39 is 10.8 Å². The van der Waals surface area contributed by atoms with Crippen molar-refractivity contribution in [1.29, 1.82) is 5.26 Å². The van der Waals surface area contributed by atoms with Crippen molar-refractivity contribution in [3.05, 3.63) is 35.4 Å². The third-order valence-electron chi connectivity index (χ3n) is 3.07. The normalized spacial score (nSPS) is 18.2. The lowest BCUT2D eigenvalue weighted by molar-refractivity contribution is 0.668. The van der Waals surface area contributed by atoms with E-state index in [0.717, 1.165) is 18.4 Å². The molecule has 1 atom stereocenters. The highest BCUT2D eigenvalue weighted by Gasteiger charge is 2.21. The summed E-state index contributed by atoms with van der Waals surface area (Å²) < 4.78 is 12.0. The van der Waals surface area contributed by atoms with E-state index in [2.05, 4.69) is 6.07 Å². The van der Waals surface area contributed by atoms with Gasteiger partial charge in [-0.05, 0) is 30.5 Å². The molecule has 0 aliphatic heterocycles. The van der Waals surface area contributed by atoms with E-state index in [1.807, 2.05) is 12.1 Å². The molecule has 1 aliphatic carbocycles. The summed E-state index contributed by atoms with van der Waals surface area (Å²) in [7, 11) is -0.738. The Kier molecular flexibility index (Phi) is 3.74. The predicted octanol–water partition coefficient (Wildman–Crippen LogP) is 2.75. The first kappa shape index (κ1) is 11.3. The van der Waals surface area contributed by atoms with Crippen molar-refractivity contribution in [2.24, 2.45) is 0 Å². The summed E-state index contributed by atoms with van der Waals surface area (Å²) >= 11 is 0. The van der Waals surface area contributed by atoms with Crippen LogP contribution in [-0.2, 0) is 16.6 Å². The van der Waals surface area contributed by atoms with Crippen molar-refractivity contribution in [3.8, 4) is 6.07 Å². The van der Waals surface area contributed by atoms with Gasteiger partial charge in [0.2, 0.25) is 0 Å². The van der Waals surface area contributed by atoms with Gasteiger partial charge < -0.3 is 0 Å². The van der Waals surface area contributed by atoms with Crippen LogP contribution in [0, 0.1) is 11.3 Å². The monoisotopic (exact) mass is 233 g/mol. The van der Waals surface area contributed by atoms with Crippen LogP contribution < -0.4 is 0 Å². The molecule has 1 aromatic carbocycles. The van der Waals surface area contributed by atoms with Crippen LogP contribution in [0.3, 0.4) is 0 Å². The molecule has 0 spiro atoms. The Bertz CT molecular complexity index is 413. The largest absolute Gasteiger partial charge is 0.259 e. The van der Waals surface area contributed by atoms with Crippen LogP contribution in [0.1, 0.15) is 36.8 Å². The first-order chi connectivity index (χ1) is 7.79. The van der Waals surface area contributed by atoms with E-state index in [1.54, 1.807) is 12.1 Å². The number of hydrogen-bond donors (Lipinski definition) is 0. The van der Waals surface area contributed by atoms with Gasteiger partial charge in [0.1, 0.15) is 0 Å². The zero-order valence-corrected chi connectivity index (χ0v) is 10.0. The number of rotatable bonds is 3. The molecule has 1 unspecified atom stereocenters. The van der Waals surface area contributed by atoms with Gasteiger partial charge in [0.05, 0.1) is 11.6 Å². The van der Waals surface area contributed by atoms with Gasteiger partial charge in [0, 0.05) is 21.8 Å². The fourth-order valence-electron chi connectivity index (χ4n) is 2.11. The lowest BCUT2D eigenvalue weighted by Gasteiger charge is -2.08. The second-order valence-electron chi connectivity index (χ2n) is 4.24. The van der Waals surface area contributed by atoms with Gasteiger partial charge in [-0.2, -0.15) is 5.26 Å². The third-order valence-corrected chi connectivity index (χ3v) is 4.90. The molecule has 1 aromatic rings. The molecule has 2 rings (SSSR count). The Morgan fingerprint density at radius 2 is 1.88 bits per heavy atom. The highest BCUT2D eigenvalue weighted by atomic mass is 32.2. The highest BCUT2D eigenvalue weighted by molar-refractivity contribution is 7.84. The Morgan fingerprint density at radius 1 is 1.25 bits per heavy atom. The first-order valence-electron chi connectivity index (χ1n) is 5.66. The molecule has 84 valence electrons. The Labute approximate surface area is 98.7 Å². The number of nitrogens with zero attached hydrogens (tertiary/aromatic N) is 1. The van der Waals surface area contributed by atoms with Gasteiger partial charge in [-0.3, -0.25) is 4.21 Å². The molecule has 1 aliphatic rings. The summed E-state index contributed by atoms with van der Waals surface area (Å²) in [5.74, 6) is 0.635. The molecule has 0 aromatic heterocycles. The van der Waals surface area contributed by atoms with Crippen LogP contribution >= 0.6 is 0 Å². The quantitative estimate of drug-likeness (QED) is 0.805. The van der Waals surface area contributed by atoms with Crippen molar-refractivity contribution in [3.63, 3.8) is 0 Å². The topological polar surface area (TPSA) is 40.9 Å². The number of hydrogen-bond acceptors (Lipinski definition) is 2. The summed E-state index contributed by atoms with van der Waals surface area (Å²) in [6.45, 7) is 0. The molecule has 2 nitrogen and oxygen atoms in total. The van der Waals surface area contributed by atoms with Crippen molar-refractivity contribution < 1.29 is 4.21 Å². The Morgan fingerprint density at radius 3 is 2.44 bits per heavy atom. The average Bonchev–Trinajstić information content (AvgIpc) is 2.83. The van der Waals surface area contributed by atoms with Crippen LogP contribution in [0.25, 0.3) is 0 Å². The summed E-state index contributed by atoms with van der Waals surface area (Å²) in [4.78, 5) is 0. The van der Waals surface area contributed by atoms with Gasteiger partial charge >= 0.3 is 0 Å². The van der Waals surface area contributed by atoms with Crippen LogP contribution in [0.2, 0.25) is 0 Å². The van der Waals surface area contributed by atoms with E-state index in [0.29, 0.717) is 16.6 Å². The fraction of sp³-hybridized carbons (Fsp3) is 0.462. The summed E-state index contributed by atoms with van der Waals surface area (Å²) in [5, 5.41) is 9.07. The van der Waals surface area contributed by atoms with Crippen LogP contribution in [0.4, 0.5) is 0 Å². The third kappa shape index (κ3) is 2.70. The van der Waals surface area contributed by atoms with Gasteiger partial charge in [-0.1, -0.05) is 25.0 Å². The minimum absolute atomic E-state index is 0.399. The molecule has 0 amide bonds. The molecule has 0 saturated heterocycles. The SMILES string of the molecule is N#Cc1ccc(CS(=O)C2CCCC2)cc1. The van der Waals surface area contributed by atoms with Gasteiger partial charge in [0.15, 0.2) is 0 Å². The van der Waals surface area contributed by atoms with E-state index in [9.17, 15) is 4.21 Å². The molecular weight excluding hydrogens is 218 g/mol. The van der Waals surface area contributed by atoms with E-state index in [4.69, 9.17) is 5.26 Å². The van der Waals surface area contributed by atoms with Crippen molar-refractivity contribution in [2.45, 2.75) is 36.7 Å². The zero-order chi connectivity index (χ0) is 11.4. The highest BCUT2D eigenvalue weighted by Crippen LogP contribution is 2.24. The van der Waals surface area contributed by atoms with Crippen molar-refractivity contribution in [1.82, 2.24) is 0 Å². The molecule has 0 bridgehead atoms. The van der Waals surface area contributed by atoms with Crippen molar-refractivity contribution in [2.75, 3.05) is 0 Å². The lowest BCUT2D eigenvalue weighted by Crippen LogP contribution is -2.12. The summed E-state index contributed by atoms with van der Waals surface area (Å²) in [6, 6.07) is 9.49. The molecule has 16 heavy (non-hydrogen) atoms. The maximum Gasteiger partial charge on any atom is 0.0991 e. The number of nitriles is 1. The minimum Gasteiger partial charge on any atom is -0.259 e. The molecule has 0 radical (unpaired) electrons. The van der Waals surface area contributed by atoms with Crippen molar-refractivity contribution >= 4 is 10.8 Å².